The number of aliphatic imine (C=N–C) groups is 1. The Morgan fingerprint density at radius 1 is 1.15 bits per heavy atom. The van der Waals surface area contributed by atoms with Crippen LogP contribution in [0.3, 0.4) is 0 Å². The Morgan fingerprint density at radius 2 is 1.88 bits per heavy atom. The average molecular weight is 480 g/mol. The van der Waals surface area contributed by atoms with Gasteiger partial charge in [0.2, 0.25) is 5.91 Å². The van der Waals surface area contributed by atoms with Crippen LogP contribution in [0.5, 0.6) is 0 Å². The number of carbonyl (C=O) groups is 1. The van der Waals surface area contributed by atoms with Gasteiger partial charge in [0.25, 0.3) is 0 Å². The van der Waals surface area contributed by atoms with Crippen LogP contribution < -0.4 is 10.6 Å². The minimum atomic E-state index is 0. The van der Waals surface area contributed by atoms with Crippen LogP contribution in [-0.2, 0) is 9.53 Å². The summed E-state index contributed by atoms with van der Waals surface area (Å²) in [6, 6.07) is 0.288. The Bertz CT molecular complexity index is 426. The number of nitrogens with zero attached hydrogens (tertiary/aromatic N) is 2. The van der Waals surface area contributed by atoms with Crippen molar-refractivity contribution in [3.8, 4) is 0 Å². The summed E-state index contributed by atoms with van der Waals surface area (Å²) in [6.45, 7) is 7.80. The van der Waals surface area contributed by atoms with Crippen molar-refractivity contribution in [2.45, 2.75) is 77.4 Å². The Hall–Kier alpha value is -0.570. The molecule has 152 valence electrons. The molecule has 0 aromatic rings. The summed E-state index contributed by atoms with van der Waals surface area (Å²) in [7, 11) is 0. The van der Waals surface area contributed by atoms with Crippen molar-refractivity contribution in [1.29, 1.82) is 0 Å². The highest BCUT2D eigenvalue weighted by Crippen LogP contribution is 2.19. The molecule has 1 saturated heterocycles. The maximum absolute atomic E-state index is 11.8. The summed E-state index contributed by atoms with van der Waals surface area (Å²) in [4.78, 5) is 18.4. The molecule has 2 rings (SSSR count). The molecule has 1 heterocycles. The van der Waals surface area contributed by atoms with Crippen LogP contribution in [-0.4, -0.2) is 61.7 Å². The first-order valence-corrected chi connectivity index (χ1v) is 10.2. The van der Waals surface area contributed by atoms with Crippen LogP contribution in [0.4, 0.5) is 0 Å². The van der Waals surface area contributed by atoms with Gasteiger partial charge in [-0.2, -0.15) is 0 Å². The molecule has 0 aromatic heterocycles. The first kappa shape index (κ1) is 23.5. The maximum atomic E-state index is 11.8. The number of amides is 1. The van der Waals surface area contributed by atoms with Crippen molar-refractivity contribution in [2.24, 2.45) is 4.99 Å². The molecule has 1 saturated carbocycles. The number of rotatable bonds is 7. The number of likely N-dealkylation sites (tertiary alicyclic amines) is 1. The van der Waals surface area contributed by atoms with E-state index < -0.39 is 0 Å². The molecule has 26 heavy (non-hydrogen) atoms. The number of hydrogen-bond acceptors (Lipinski definition) is 3. The first-order chi connectivity index (χ1) is 12.2. The molecule has 0 spiro atoms. The zero-order valence-corrected chi connectivity index (χ0v) is 18.8. The third-order valence-corrected chi connectivity index (χ3v) is 5.05. The summed E-state index contributed by atoms with van der Waals surface area (Å²) in [5.74, 6) is 1.07. The number of nitrogens with one attached hydrogen (secondary N) is 2. The Morgan fingerprint density at radius 3 is 2.54 bits per heavy atom. The van der Waals surface area contributed by atoms with Gasteiger partial charge in [0, 0.05) is 32.1 Å². The normalized spacial score (nSPS) is 21.8. The first-order valence-electron chi connectivity index (χ1n) is 10.2. The number of ether oxygens (including phenoxy) is 1. The second kappa shape index (κ2) is 13.6. The van der Waals surface area contributed by atoms with E-state index >= 15 is 0 Å². The predicted octanol–water partition coefficient (Wildman–Crippen LogP) is 2.91. The number of guanidine groups is 1. The highest BCUT2D eigenvalue weighted by atomic mass is 127. The van der Waals surface area contributed by atoms with Gasteiger partial charge in [-0.1, -0.05) is 32.6 Å². The summed E-state index contributed by atoms with van der Waals surface area (Å²) in [5.41, 5.74) is 0. The predicted molar refractivity (Wildman–Crippen MR) is 117 cm³/mol. The third kappa shape index (κ3) is 8.41. The molecule has 6 nitrogen and oxygen atoms in total. The van der Waals surface area contributed by atoms with Gasteiger partial charge in [0.05, 0.1) is 19.3 Å². The van der Waals surface area contributed by atoms with Crippen LogP contribution in [0, 0.1) is 0 Å². The molecule has 2 fully saturated rings. The molecule has 1 aliphatic heterocycles. The molecule has 1 atom stereocenters. The van der Waals surface area contributed by atoms with Crippen molar-refractivity contribution in [1.82, 2.24) is 15.5 Å². The zero-order valence-electron chi connectivity index (χ0n) is 16.5. The van der Waals surface area contributed by atoms with Gasteiger partial charge < -0.3 is 20.3 Å². The third-order valence-electron chi connectivity index (χ3n) is 5.05. The molecule has 0 bridgehead atoms. The maximum Gasteiger partial charge on any atom is 0.222 e. The molecule has 0 radical (unpaired) electrons. The van der Waals surface area contributed by atoms with Gasteiger partial charge in [-0.15, -0.1) is 24.0 Å². The molecule has 2 aliphatic rings. The fraction of sp³-hybridized carbons (Fsp3) is 0.895. The lowest BCUT2D eigenvalue weighted by Gasteiger charge is -2.19. The monoisotopic (exact) mass is 480 g/mol. The molecular weight excluding hydrogens is 443 g/mol. The Kier molecular flexibility index (Phi) is 12.3. The number of hydrogen-bond donors (Lipinski definition) is 2. The Balaban J connectivity index is 0.00000338. The molecule has 0 aromatic carbocycles. The number of halogens is 1. The Labute approximate surface area is 175 Å². The number of carbonyl (C=O) groups excluding carboxylic acids is 1. The van der Waals surface area contributed by atoms with Gasteiger partial charge in [0.1, 0.15) is 0 Å². The highest BCUT2D eigenvalue weighted by molar-refractivity contribution is 14.0. The molecular formula is C19H37IN4O2. The van der Waals surface area contributed by atoms with E-state index in [1.54, 1.807) is 0 Å². The standard InChI is InChI=1S/C19H36N4O2.HI/c1-3-18(24)23-13-11-16(15-23)22-19(20-4-2)21-12-14-25-17-9-7-5-6-8-10-17;/h16-17H,3-15H2,1-2H3,(H2,20,21,22);1H. The quantitative estimate of drug-likeness (QED) is 0.193. The van der Waals surface area contributed by atoms with E-state index in [0.717, 1.165) is 32.0 Å². The van der Waals surface area contributed by atoms with E-state index in [2.05, 4.69) is 22.5 Å². The van der Waals surface area contributed by atoms with E-state index in [-0.39, 0.29) is 35.9 Å². The average Bonchev–Trinajstić information content (AvgIpc) is 2.93. The van der Waals surface area contributed by atoms with E-state index in [4.69, 9.17) is 4.74 Å². The molecule has 2 N–H and O–H groups in total. The van der Waals surface area contributed by atoms with E-state index in [1.807, 2.05) is 11.8 Å². The van der Waals surface area contributed by atoms with Crippen molar-refractivity contribution >= 4 is 35.8 Å². The second-order valence-corrected chi connectivity index (χ2v) is 7.07. The molecule has 1 unspecified atom stereocenters. The van der Waals surface area contributed by atoms with Gasteiger partial charge in [0.15, 0.2) is 5.96 Å². The lowest BCUT2D eigenvalue weighted by Crippen LogP contribution is -2.45. The molecule has 7 heteroatoms. The van der Waals surface area contributed by atoms with Gasteiger partial charge >= 0.3 is 0 Å². The van der Waals surface area contributed by atoms with Crippen LogP contribution >= 0.6 is 24.0 Å². The molecule has 1 aliphatic carbocycles. The van der Waals surface area contributed by atoms with Gasteiger partial charge in [-0.25, -0.2) is 0 Å². The SMILES string of the molecule is CCNC(=NCCOC1CCCCCC1)NC1CCN(C(=O)CC)C1.I. The fourth-order valence-electron chi connectivity index (χ4n) is 3.63. The molecule has 1 amide bonds. The largest absolute Gasteiger partial charge is 0.376 e. The lowest BCUT2D eigenvalue weighted by atomic mass is 10.1. The zero-order chi connectivity index (χ0) is 17.9. The van der Waals surface area contributed by atoms with Gasteiger partial charge in [-0.05, 0) is 26.2 Å². The van der Waals surface area contributed by atoms with E-state index in [0.29, 0.717) is 25.7 Å². The van der Waals surface area contributed by atoms with E-state index in [1.165, 1.54) is 38.5 Å². The van der Waals surface area contributed by atoms with Crippen molar-refractivity contribution in [3.63, 3.8) is 0 Å². The fourth-order valence-corrected chi connectivity index (χ4v) is 3.63. The van der Waals surface area contributed by atoms with Gasteiger partial charge in [-0.3, -0.25) is 9.79 Å². The minimum absolute atomic E-state index is 0. The second-order valence-electron chi connectivity index (χ2n) is 7.07. The van der Waals surface area contributed by atoms with Crippen LogP contribution in [0.15, 0.2) is 4.99 Å². The van der Waals surface area contributed by atoms with Crippen LogP contribution in [0.1, 0.15) is 65.2 Å². The summed E-state index contributed by atoms with van der Waals surface area (Å²) in [6.07, 6.45) is 9.69. The van der Waals surface area contributed by atoms with Crippen molar-refractivity contribution < 1.29 is 9.53 Å². The van der Waals surface area contributed by atoms with Crippen molar-refractivity contribution in [2.75, 3.05) is 32.8 Å². The topological polar surface area (TPSA) is 66.0 Å². The van der Waals surface area contributed by atoms with Crippen LogP contribution in [0.25, 0.3) is 0 Å². The summed E-state index contributed by atoms with van der Waals surface area (Å²) >= 11 is 0. The van der Waals surface area contributed by atoms with Crippen molar-refractivity contribution in [3.05, 3.63) is 0 Å². The summed E-state index contributed by atoms with van der Waals surface area (Å²) < 4.78 is 6.01. The minimum Gasteiger partial charge on any atom is -0.376 e. The smallest absolute Gasteiger partial charge is 0.222 e. The van der Waals surface area contributed by atoms with E-state index in [9.17, 15) is 4.79 Å². The highest BCUT2D eigenvalue weighted by Gasteiger charge is 2.25. The summed E-state index contributed by atoms with van der Waals surface area (Å²) in [5, 5.41) is 6.76. The lowest BCUT2D eigenvalue weighted by molar-refractivity contribution is -0.129. The van der Waals surface area contributed by atoms with Crippen LogP contribution in [0.2, 0.25) is 0 Å².